The third-order valence-corrected chi connectivity index (χ3v) is 10.3. The maximum Gasteiger partial charge on any atom is 0.325 e. The van der Waals surface area contributed by atoms with Crippen molar-refractivity contribution in [3.8, 4) is 0 Å². The van der Waals surface area contributed by atoms with Crippen molar-refractivity contribution in [1.29, 1.82) is 0 Å². The van der Waals surface area contributed by atoms with Gasteiger partial charge in [0.1, 0.15) is 24.7 Å². The van der Waals surface area contributed by atoms with Crippen LogP contribution >= 0.6 is 0 Å². The first kappa shape index (κ1) is 33.5. The Morgan fingerprint density at radius 2 is 1.66 bits per heavy atom. The second-order valence-electron chi connectivity index (χ2n) is 14.7. The number of nitrogens with two attached hydrogens (primary N) is 1. The third kappa shape index (κ3) is 6.94. The number of carbonyl (C=O) groups is 6. The third-order valence-electron chi connectivity index (χ3n) is 10.3. The number of rotatable bonds is 11. The summed E-state index contributed by atoms with van der Waals surface area (Å²) >= 11 is 0. The summed E-state index contributed by atoms with van der Waals surface area (Å²) < 4.78 is 5.40. The van der Waals surface area contributed by atoms with E-state index in [4.69, 9.17) is 10.5 Å². The standard InChI is InChI=1S/C32H49N5O7/c1-17-23-20(32(17,5)6)16-37(24(23)28(41)35-21(25(39)27(33)40)14-18-10-9-11-18)29(42)26(31(2,3)4)36-30(43)34-15-22(38)44-19-12-7-8-13-19/h18-21,23-24,26H,1,7-16H2,2-6H3,(H2,33,40)(H,35,41)(H2,34,36,43)/t20-,21?,23-,24-,26+/m0/s1. The molecule has 3 saturated carbocycles. The van der Waals surface area contributed by atoms with Crippen molar-refractivity contribution < 1.29 is 33.5 Å². The Labute approximate surface area is 259 Å². The van der Waals surface area contributed by atoms with Gasteiger partial charge in [-0.1, -0.05) is 66.0 Å². The highest BCUT2D eigenvalue weighted by Gasteiger charge is 2.63. The normalized spacial score (nSPS) is 26.0. The van der Waals surface area contributed by atoms with E-state index in [9.17, 15) is 28.8 Å². The molecule has 4 aliphatic rings. The highest BCUT2D eigenvalue weighted by molar-refractivity contribution is 6.37. The first-order valence-corrected chi connectivity index (χ1v) is 15.9. The molecule has 3 aliphatic carbocycles. The van der Waals surface area contributed by atoms with Crippen molar-refractivity contribution >= 4 is 35.5 Å². The van der Waals surface area contributed by atoms with E-state index in [1.54, 1.807) is 20.8 Å². The van der Waals surface area contributed by atoms with Gasteiger partial charge >= 0.3 is 12.0 Å². The van der Waals surface area contributed by atoms with Crippen molar-refractivity contribution in [3.63, 3.8) is 0 Å². The first-order valence-electron chi connectivity index (χ1n) is 15.9. The highest BCUT2D eigenvalue weighted by Crippen LogP contribution is 2.60. The number of esters is 1. The Morgan fingerprint density at radius 3 is 2.20 bits per heavy atom. The Bertz CT molecular complexity index is 1200. The summed E-state index contributed by atoms with van der Waals surface area (Å²) in [5.74, 6) is -3.73. The van der Waals surface area contributed by atoms with E-state index in [-0.39, 0.29) is 42.4 Å². The van der Waals surface area contributed by atoms with Gasteiger partial charge in [-0.2, -0.15) is 0 Å². The van der Waals surface area contributed by atoms with Gasteiger partial charge in [-0.25, -0.2) is 4.79 Å². The van der Waals surface area contributed by atoms with Gasteiger partial charge in [0.2, 0.25) is 17.6 Å². The van der Waals surface area contributed by atoms with Gasteiger partial charge in [0.25, 0.3) is 5.91 Å². The molecule has 0 aromatic rings. The second-order valence-corrected chi connectivity index (χ2v) is 14.7. The number of nitrogens with zero attached hydrogens (tertiary/aromatic N) is 1. The molecule has 0 bridgehead atoms. The fraction of sp³-hybridized carbons (Fsp3) is 0.750. The van der Waals surface area contributed by atoms with Gasteiger partial charge in [-0.15, -0.1) is 0 Å². The van der Waals surface area contributed by atoms with Crippen molar-refractivity contribution in [2.45, 2.75) is 110 Å². The lowest BCUT2D eigenvalue weighted by molar-refractivity contribution is -0.147. The quantitative estimate of drug-likeness (QED) is 0.156. The average Bonchev–Trinajstić information content (AvgIpc) is 3.57. The van der Waals surface area contributed by atoms with Gasteiger partial charge in [-0.05, 0) is 54.8 Å². The predicted molar refractivity (Wildman–Crippen MR) is 162 cm³/mol. The van der Waals surface area contributed by atoms with E-state index in [2.05, 4.69) is 22.5 Å². The fourth-order valence-corrected chi connectivity index (χ4v) is 7.17. The van der Waals surface area contributed by atoms with E-state index in [1.807, 2.05) is 13.8 Å². The van der Waals surface area contributed by atoms with Crippen LogP contribution in [0.5, 0.6) is 0 Å². The molecular formula is C32H49N5O7. The van der Waals surface area contributed by atoms with Crippen LogP contribution in [0, 0.1) is 28.6 Å². The second kappa shape index (κ2) is 12.9. The Kier molecular flexibility index (Phi) is 9.80. The molecule has 0 radical (unpaired) electrons. The van der Waals surface area contributed by atoms with Crippen LogP contribution in [-0.2, 0) is 28.7 Å². The molecule has 1 heterocycles. The largest absolute Gasteiger partial charge is 0.461 e. The summed E-state index contributed by atoms with van der Waals surface area (Å²) in [5.41, 5.74) is 5.06. The number of amides is 5. The van der Waals surface area contributed by atoms with E-state index in [0.717, 1.165) is 50.5 Å². The predicted octanol–water partition coefficient (Wildman–Crippen LogP) is 1.95. The van der Waals surface area contributed by atoms with Crippen LogP contribution in [0.4, 0.5) is 4.79 Å². The highest BCUT2D eigenvalue weighted by atomic mass is 16.5. The SMILES string of the molecule is C=C1[C@@H]2[C@@H](C(=O)NC(CC3CCC3)C(=O)C(N)=O)N(C(=O)[C@@H](NC(=O)NCC(=O)OC3CCCC3)C(C)(C)C)C[C@@H]2C1(C)C. The van der Waals surface area contributed by atoms with Gasteiger partial charge < -0.3 is 31.3 Å². The molecule has 0 aromatic carbocycles. The molecule has 5 atom stereocenters. The van der Waals surface area contributed by atoms with Crippen molar-refractivity contribution in [3.05, 3.63) is 12.2 Å². The molecule has 12 nitrogen and oxygen atoms in total. The molecule has 0 aromatic heterocycles. The molecular weight excluding hydrogens is 566 g/mol. The number of carbonyl (C=O) groups excluding carboxylic acids is 6. The number of nitrogens with one attached hydrogen (secondary N) is 3. The average molecular weight is 616 g/mol. The summed E-state index contributed by atoms with van der Waals surface area (Å²) in [6, 6.07) is -3.81. The minimum Gasteiger partial charge on any atom is -0.461 e. The van der Waals surface area contributed by atoms with Crippen molar-refractivity contribution in [2.75, 3.05) is 13.1 Å². The van der Waals surface area contributed by atoms with Crippen LogP contribution < -0.4 is 21.7 Å². The minimum atomic E-state index is -1.11. The van der Waals surface area contributed by atoms with Gasteiger partial charge in [0, 0.05) is 12.5 Å². The lowest BCUT2D eigenvalue weighted by Gasteiger charge is -2.51. The van der Waals surface area contributed by atoms with Crippen LogP contribution in [0.3, 0.4) is 0 Å². The molecule has 5 amide bonds. The number of Topliss-reactive ketones (excluding diaryl/α,β-unsaturated/α-hetero) is 1. The van der Waals surface area contributed by atoms with E-state index < -0.39 is 59.0 Å². The monoisotopic (exact) mass is 615 g/mol. The zero-order valence-electron chi connectivity index (χ0n) is 26.7. The van der Waals surface area contributed by atoms with E-state index in [1.165, 1.54) is 4.90 Å². The van der Waals surface area contributed by atoms with Crippen LogP contribution in [0.15, 0.2) is 12.2 Å². The molecule has 5 N–H and O–H groups in total. The molecule has 44 heavy (non-hydrogen) atoms. The number of likely N-dealkylation sites (tertiary alicyclic amines) is 1. The maximum absolute atomic E-state index is 14.2. The van der Waals surface area contributed by atoms with Crippen LogP contribution in [0.1, 0.15) is 86.0 Å². The molecule has 4 rings (SSSR count). The smallest absolute Gasteiger partial charge is 0.325 e. The molecule has 1 saturated heterocycles. The summed E-state index contributed by atoms with van der Waals surface area (Å²) in [7, 11) is 0. The Balaban J connectivity index is 1.50. The Hall–Kier alpha value is -3.44. The molecule has 0 spiro atoms. The molecule has 4 fully saturated rings. The number of hydrogen-bond donors (Lipinski definition) is 4. The van der Waals surface area contributed by atoms with Gasteiger partial charge in [0.05, 0.1) is 6.04 Å². The zero-order valence-corrected chi connectivity index (χ0v) is 26.7. The maximum atomic E-state index is 14.2. The number of urea groups is 1. The minimum absolute atomic E-state index is 0.0635. The Morgan fingerprint density at radius 1 is 1.02 bits per heavy atom. The number of hydrogen-bond acceptors (Lipinski definition) is 7. The lowest BCUT2D eigenvalue weighted by atomic mass is 9.52. The molecule has 12 heteroatoms. The van der Waals surface area contributed by atoms with Crippen LogP contribution in [0.2, 0.25) is 0 Å². The summed E-state index contributed by atoms with van der Waals surface area (Å²) in [6.07, 6.45) is 6.65. The number of primary amides is 1. The molecule has 244 valence electrons. The lowest BCUT2D eigenvalue weighted by Crippen LogP contribution is -2.61. The molecule has 1 unspecified atom stereocenters. The van der Waals surface area contributed by atoms with Crippen molar-refractivity contribution in [2.24, 2.45) is 34.3 Å². The fourth-order valence-electron chi connectivity index (χ4n) is 7.17. The molecule has 1 aliphatic heterocycles. The number of ketones is 1. The van der Waals surface area contributed by atoms with Crippen molar-refractivity contribution in [1.82, 2.24) is 20.9 Å². The zero-order chi connectivity index (χ0) is 32.6. The topological polar surface area (TPSA) is 177 Å². The van der Waals surface area contributed by atoms with E-state index >= 15 is 0 Å². The van der Waals surface area contributed by atoms with Crippen LogP contribution in [0.25, 0.3) is 0 Å². The summed E-state index contributed by atoms with van der Waals surface area (Å²) in [5, 5.41) is 7.98. The van der Waals surface area contributed by atoms with Crippen LogP contribution in [-0.4, -0.2) is 77.7 Å². The van der Waals surface area contributed by atoms with Gasteiger partial charge in [-0.3, -0.25) is 24.0 Å². The van der Waals surface area contributed by atoms with E-state index in [0.29, 0.717) is 6.42 Å². The number of fused-ring (bicyclic) bond motifs is 1. The summed E-state index contributed by atoms with van der Waals surface area (Å²) in [6.45, 7) is 13.6. The summed E-state index contributed by atoms with van der Waals surface area (Å²) in [4.78, 5) is 79.4. The number of ether oxygens (including phenoxy) is 1. The first-order chi connectivity index (χ1) is 20.5. The van der Waals surface area contributed by atoms with Gasteiger partial charge in [0.15, 0.2) is 0 Å².